The molecule has 0 saturated carbocycles. The van der Waals surface area contributed by atoms with Crippen LogP contribution in [0.1, 0.15) is 32.4 Å². The lowest BCUT2D eigenvalue weighted by molar-refractivity contribution is 0.812. The Morgan fingerprint density at radius 2 is 2.09 bits per heavy atom. The highest BCUT2D eigenvalue weighted by Gasteiger charge is 2.12. The Hall–Kier alpha value is -2.62. The maximum Gasteiger partial charge on any atom is 0.126 e. The zero-order valence-corrected chi connectivity index (χ0v) is 14.0. The first-order chi connectivity index (χ1) is 11.1. The summed E-state index contributed by atoms with van der Waals surface area (Å²) in [6.07, 6.45) is 9.22. The van der Waals surface area contributed by atoms with Crippen LogP contribution in [0.4, 0.5) is 5.82 Å². The van der Waals surface area contributed by atoms with Crippen LogP contribution in [0.15, 0.2) is 61.5 Å². The topological polar surface area (TPSA) is 53.6 Å². The molecule has 0 radical (unpaired) electrons. The number of anilines is 1. The lowest BCUT2D eigenvalue weighted by atomic mass is 10.0. The van der Waals surface area contributed by atoms with Crippen molar-refractivity contribution in [3.05, 3.63) is 67.2 Å². The Morgan fingerprint density at radius 1 is 1.30 bits per heavy atom. The number of pyridine rings is 1. The number of hydrogen-bond acceptors (Lipinski definition) is 3. The highest BCUT2D eigenvalue weighted by Crippen LogP contribution is 2.28. The van der Waals surface area contributed by atoms with Crippen molar-refractivity contribution in [1.82, 2.24) is 15.2 Å². The van der Waals surface area contributed by atoms with E-state index in [1.807, 2.05) is 36.7 Å². The van der Waals surface area contributed by atoms with Gasteiger partial charge in [-0.3, -0.25) is 5.10 Å². The predicted molar refractivity (Wildman–Crippen MR) is 97.5 cm³/mol. The second-order valence-corrected chi connectivity index (χ2v) is 5.75. The van der Waals surface area contributed by atoms with Gasteiger partial charge in [0.2, 0.25) is 0 Å². The van der Waals surface area contributed by atoms with Gasteiger partial charge in [0, 0.05) is 23.5 Å². The standard InChI is InChI=1S/C19H24N4/c1-6-8-15(7-2)14(5)22-18-11-16(9-10-20-18)17-12-21-23-19(17)13(3)4/h6-14H,1-2H2,3-5H3,(H,20,22)(H,21,23)/b15-8+. The molecular formula is C19H24N4. The third-order valence-electron chi connectivity index (χ3n) is 3.73. The fourth-order valence-corrected chi connectivity index (χ4v) is 2.47. The summed E-state index contributed by atoms with van der Waals surface area (Å²) >= 11 is 0. The molecular weight excluding hydrogens is 284 g/mol. The highest BCUT2D eigenvalue weighted by molar-refractivity contribution is 5.68. The molecule has 1 atom stereocenters. The van der Waals surface area contributed by atoms with Gasteiger partial charge in [0.1, 0.15) is 5.82 Å². The van der Waals surface area contributed by atoms with Gasteiger partial charge in [0.05, 0.1) is 6.20 Å². The Balaban J connectivity index is 2.27. The van der Waals surface area contributed by atoms with Gasteiger partial charge >= 0.3 is 0 Å². The van der Waals surface area contributed by atoms with Crippen molar-refractivity contribution in [2.45, 2.75) is 32.7 Å². The van der Waals surface area contributed by atoms with Gasteiger partial charge in [0.15, 0.2) is 0 Å². The molecule has 2 aromatic rings. The molecule has 0 amide bonds. The molecule has 0 fully saturated rings. The van der Waals surface area contributed by atoms with E-state index in [4.69, 9.17) is 0 Å². The third kappa shape index (κ3) is 3.97. The van der Waals surface area contributed by atoms with Crippen molar-refractivity contribution < 1.29 is 0 Å². The number of H-pyrrole nitrogens is 1. The molecule has 2 heterocycles. The lowest BCUT2D eigenvalue weighted by Gasteiger charge is -2.16. The van der Waals surface area contributed by atoms with Crippen molar-refractivity contribution in [1.29, 1.82) is 0 Å². The molecule has 0 saturated heterocycles. The maximum absolute atomic E-state index is 4.41. The van der Waals surface area contributed by atoms with Crippen molar-refractivity contribution in [2.24, 2.45) is 0 Å². The van der Waals surface area contributed by atoms with Crippen LogP contribution in [0.3, 0.4) is 0 Å². The quantitative estimate of drug-likeness (QED) is 0.729. The average molecular weight is 308 g/mol. The zero-order chi connectivity index (χ0) is 16.8. The van der Waals surface area contributed by atoms with Crippen LogP contribution in [-0.2, 0) is 0 Å². The van der Waals surface area contributed by atoms with Gasteiger partial charge in [-0.05, 0) is 36.1 Å². The van der Waals surface area contributed by atoms with Crippen LogP contribution in [0.5, 0.6) is 0 Å². The summed E-state index contributed by atoms with van der Waals surface area (Å²) in [4.78, 5) is 4.41. The number of rotatable bonds is 7. The predicted octanol–water partition coefficient (Wildman–Crippen LogP) is 4.69. The molecule has 120 valence electrons. The lowest BCUT2D eigenvalue weighted by Crippen LogP contribution is -2.17. The smallest absolute Gasteiger partial charge is 0.126 e. The molecule has 0 aliphatic heterocycles. The van der Waals surface area contributed by atoms with Crippen LogP contribution in [0.25, 0.3) is 11.1 Å². The van der Waals surface area contributed by atoms with E-state index in [0.717, 1.165) is 28.2 Å². The van der Waals surface area contributed by atoms with Crippen LogP contribution in [0.2, 0.25) is 0 Å². The van der Waals surface area contributed by atoms with E-state index in [2.05, 4.69) is 54.4 Å². The monoisotopic (exact) mass is 308 g/mol. The highest BCUT2D eigenvalue weighted by atomic mass is 15.1. The zero-order valence-electron chi connectivity index (χ0n) is 14.0. The van der Waals surface area contributed by atoms with Crippen molar-refractivity contribution in [3.63, 3.8) is 0 Å². The number of nitrogens with one attached hydrogen (secondary N) is 2. The van der Waals surface area contributed by atoms with Gasteiger partial charge in [0.25, 0.3) is 0 Å². The van der Waals surface area contributed by atoms with Gasteiger partial charge in [-0.1, -0.05) is 45.2 Å². The molecule has 0 aliphatic carbocycles. The second kappa shape index (κ2) is 7.58. The first kappa shape index (κ1) is 16.7. The Bertz CT molecular complexity index is 710. The summed E-state index contributed by atoms with van der Waals surface area (Å²) in [5, 5.41) is 10.7. The van der Waals surface area contributed by atoms with E-state index >= 15 is 0 Å². The fraction of sp³-hybridized carbons (Fsp3) is 0.263. The van der Waals surface area contributed by atoms with E-state index in [-0.39, 0.29) is 6.04 Å². The van der Waals surface area contributed by atoms with Gasteiger partial charge in [-0.25, -0.2) is 4.98 Å². The van der Waals surface area contributed by atoms with Gasteiger partial charge in [-0.2, -0.15) is 5.10 Å². The molecule has 1 unspecified atom stereocenters. The number of aromatic amines is 1. The Kier molecular flexibility index (Phi) is 5.52. The molecule has 0 aliphatic rings. The summed E-state index contributed by atoms with van der Waals surface area (Å²) < 4.78 is 0. The fourth-order valence-electron chi connectivity index (χ4n) is 2.47. The average Bonchev–Trinajstić information content (AvgIpc) is 3.02. The number of aromatic nitrogens is 3. The maximum atomic E-state index is 4.41. The summed E-state index contributed by atoms with van der Waals surface area (Å²) in [5.41, 5.74) is 4.41. The molecule has 23 heavy (non-hydrogen) atoms. The molecule has 2 aromatic heterocycles. The van der Waals surface area contributed by atoms with Crippen LogP contribution in [0, 0.1) is 0 Å². The van der Waals surface area contributed by atoms with Gasteiger partial charge in [-0.15, -0.1) is 0 Å². The van der Waals surface area contributed by atoms with E-state index in [1.54, 1.807) is 6.08 Å². The summed E-state index contributed by atoms with van der Waals surface area (Å²) in [7, 11) is 0. The van der Waals surface area contributed by atoms with E-state index < -0.39 is 0 Å². The van der Waals surface area contributed by atoms with Crippen LogP contribution in [-0.4, -0.2) is 21.2 Å². The number of nitrogens with zero attached hydrogens (tertiary/aromatic N) is 2. The van der Waals surface area contributed by atoms with Crippen molar-refractivity contribution >= 4 is 5.82 Å². The molecule has 0 spiro atoms. The normalized spacial score (nSPS) is 13.0. The Morgan fingerprint density at radius 3 is 2.74 bits per heavy atom. The van der Waals surface area contributed by atoms with Crippen LogP contribution >= 0.6 is 0 Å². The first-order valence-electron chi connectivity index (χ1n) is 7.78. The summed E-state index contributed by atoms with van der Waals surface area (Å²) in [5.74, 6) is 1.21. The molecule has 2 N–H and O–H groups in total. The number of allylic oxidation sites excluding steroid dienone is 2. The van der Waals surface area contributed by atoms with Crippen molar-refractivity contribution in [2.75, 3.05) is 5.32 Å². The SMILES string of the molecule is C=C/C=C(\C=C)C(C)Nc1cc(-c2cn[nH]c2C(C)C)ccn1. The number of hydrogen-bond donors (Lipinski definition) is 2. The second-order valence-electron chi connectivity index (χ2n) is 5.75. The van der Waals surface area contributed by atoms with E-state index in [0.29, 0.717) is 5.92 Å². The third-order valence-corrected chi connectivity index (χ3v) is 3.73. The minimum absolute atomic E-state index is 0.0992. The largest absolute Gasteiger partial charge is 0.364 e. The molecule has 0 aromatic carbocycles. The van der Waals surface area contributed by atoms with E-state index in [1.165, 1.54) is 0 Å². The summed E-state index contributed by atoms with van der Waals surface area (Å²) in [6.45, 7) is 13.9. The molecule has 4 heteroatoms. The first-order valence-corrected chi connectivity index (χ1v) is 7.78. The summed E-state index contributed by atoms with van der Waals surface area (Å²) in [6, 6.07) is 4.14. The Labute approximate surface area is 138 Å². The van der Waals surface area contributed by atoms with Crippen LogP contribution < -0.4 is 5.32 Å². The van der Waals surface area contributed by atoms with Crippen molar-refractivity contribution in [3.8, 4) is 11.1 Å². The molecule has 4 nitrogen and oxygen atoms in total. The molecule has 0 bridgehead atoms. The minimum Gasteiger partial charge on any atom is -0.364 e. The molecule has 2 rings (SSSR count). The minimum atomic E-state index is 0.0992. The van der Waals surface area contributed by atoms with E-state index in [9.17, 15) is 0 Å². The van der Waals surface area contributed by atoms with Gasteiger partial charge < -0.3 is 5.32 Å².